The topological polar surface area (TPSA) is 73.2 Å². The molecule has 0 bridgehead atoms. The summed E-state index contributed by atoms with van der Waals surface area (Å²) >= 11 is 0. The fourth-order valence-electron chi connectivity index (χ4n) is 2.04. The summed E-state index contributed by atoms with van der Waals surface area (Å²) in [5.74, 6) is 0.625. The lowest BCUT2D eigenvalue weighted by atomic mass is 10.1. The zero-order valence-corrected chi connectivity index (χ0v) is 12.7. The van der Waals surface area contributed by atoms with Crippen molar-refractivity contribution in [1.82, 2.24) is 9.78 Å². The minimum atomic E-state index is -0.115. The van der Waals surface area contributed by atoms with E-state index in [1.54, 1.807) is 55.5 Å². The molecule has 0 atom stereocenters. The Balaban J connectivity index is 1.75. The maximum atomic E-state index is 12.0. The largest absolute Gasteiger partial charge is 0.497 e. The van der Waals surface area contributed by atoms with Crippen molar-refractivity contribution in [3.05, 3.63) is 42.2 Å². The average Bonchev–Trinajstić information content (AvgIpc) is 2.92. The van der Waals surface area contributed by atoms with Gasteiger partial charge in [0, 0.05) is 31.6 Å². The molecule has 1 N–H and O–H groups in total. The molecule has 0 aliphatic rings. The van der Waals surface area contributed by atoms with Crippen LogP contribution in [0.2, 0.25) is 0 Å². The average molecular weight is 301 g/mol. The van der Waals surface area contributed by atoms with Gasteiger partial charge in [-0.3, -0.25) is 14.3 Å². The van der Waals surface area contributed by atoms with Gasteiger partial charge < -0.3 is 10.1 Å². The monoisotopic (exact) mass is 301 g/mol. The zero-order valence-electron chi connectivity index (χ0n) is 12.7. The molecule has 0 radical (unpaired) electrons. The van der Waals surface area contributed by atoms with E-state index in [1.807, 2.05) is 0 Å². The summed E-state index contributed by atoms with van der Waals surface area (Å²) in [5, 5.41) is 6.71. The number of benzene rings is 1. The molecule has 0 saturated carbocycles. The van der Waals surface area contributed by atoms with Gasteiger partial charge >= 0.3 is 0 Å². The van der Waals surface area contributed by atoms with Crippen LogP contribution >= 0.6 is 0 Å². The minimum Gasteiger partial charge on any atom is -0.497 e. The van der Waals surface area contributed by atoms with Crippen molar-refractivity contribution < 1.29 is 14.3 Å². The van der Waals surface area contributed by atoms with Gasteiger partial charge in [-0.05, 0) is 30.7 Å². The van der Waals surface area contributed by atoms with Crippen LogP contribution in [0.15, 0.2) is 36.7 Å². The summed E-state index contributed by atoms with van der Waals surface area (Å²) in [7, 11) is 3.36. The Morgan fingerprint density at radius 1 is 1.23 bits per heavy atom. The highest BCUT2D eigenvalue weighted by molar-refractivity contribution is 5.96. The van der Waals surface area contributed by atoms with Crippen molar-refractivity contribution in [1.29, 1.82) is 0 Å². The Kier molecular flexibility index (Phi) is 5.30. The molecule has 1 heterocycles. The van der Waals surface area contributed by atoms with Crippen molar-refractivity contribution in [2.45, 2.75) is 19.3 Å². The lowest BCUT2D eigenvalue weighted by Crippen LogP contribution is -2.11. The van der Waals surface area contributed by atoms with Crippen LogP contribution in [0.4, 0.5) is 5.69 Å². The van der Waals surface area contributed by atoms with Gasteiger partial charge in [0.05, 0.1) is 19.0 Å². The van der Waals surface area contributed by atoms with Crippen LogP contribution in [0.3, 0.4) is 0 Å². The van der Waals surface area contributed by atoms with Crippen LogP contribution < -0.4 is 10.1 Å². The number of hydrogen-bond donors (Lipinski definition) is 1. The van der Waals surface area contributed by atoms with Gasteiger partial charge in [-0.15, -0.1) is 0 Å². The van der Waals surface area contributed by atoms with Crippen molar-refractivity contribution in [3.63, 3.8) is 0 Å². The molecule has 116 valence electrons. The second-order valence-corrected chi connectivity index (χ2v) is 4.96. The number of amides is 1. The molecule has 22 heavy (non-hydrogen) atoms. The van der Waals surface area contributed by atoms with Crippen LogP contribution in [0.25, 0.3) is 0 Å². The fraction of sp³-hybridized carbons (Fsp3) is 0.312. The number of aromatic nitrogens is 2. The van der Waals surface area contributed by atoms with Crippen LogP contribution in [0.1, 0.15) is 29.6 Å². The van der Waals surface area contributed by atoms with E-state index in [-0.39, 0.29) is 11.7 Å². The van der Waals surface area contributed by atoms with Crippen molar-refractivity contribution in [2.75, 3.05) is 12.4 Å². The molecular formula is C16H19N3O3. The predicted octanol–water partition coefficient (Wildman–Crippen LogP) is 2.42. The van der Waals surface area contributed by atoms with Crippen molar-refractivity contribution in [2.24, 2.45) is 7.05 Å². The van der Waals surface area contributed by atoms with E-state index < -0.39 is 0 Å². The Morgan fingerprint density at radius 3 is 2.55 bits per heavy atom. The van der Waals surface area contributed by atoms with Crippen molar-refractivity contribution in [3.8, 4) is 5.75 Å². The van der Waals surface area contributed by atoms with Gasteiger partial charge in [0.2, 0.25) is 5.91 Å². The number of ketones is 1. The highest BCUT2D eigenvalue weighted by Crippen LogP contribution is 2.14. The number of carbonyl (C=O) groups is 2. The molecular weight excluding hydrogens is 282 g/mol. The number of hydrogen-bond acceptors (Lipinski definition) is 4. The summed E-state index contributed by atoms with van der Waals surface area (Å²) < 4.78 is 6.66. The molecule has 1 aromatic heterocycles. The molecule has 2 aromatic rings. The van der Waals surface area contributed by atoms with Gasteiger partial charge in [-0.25, -0.2) is 0 Å². The second kappa shape index (κ2) is 7.40. The first kappa shape index (κ1) is 15.8. The smallest absolute Gasteiger partial charge is 0.224 e. The maximum Gasteiger partial charge on any atom is 0.224 e. The van der Waals surface area contributed by atoms with Gasteiger partial charge in [0.25, 0.3) is 0 Å². The molecule has 1 amide bonds. The molecule has 1 aromatic carbocycles. The SMILES string of the molecule is COc1ccc(C(=O)CCCC(=O)Nc2cnn(C)c2)cc1. The third-order valence-corrected chi connectivity index (χ3v) is 3.21. The number of Topliss-reactive ketones (excluding diaryl/α,β-unsaturated/α-hetero) is 1. The molecule has 6 nitrogen and oxygen atoms in total. The maximum absolute atomic E-state index is 12.0. The van der Waals surface area contributed by atoms with E-state index in [9.17, 15) is 9.59 Å². The molecule has 6 heteroatoms. The lowest BCUT2D eigenvalue weighted by Gasteiger charge is -2.04. The number of methoxy groups -OCH3 is 1. The Morgan fingerprint density at radius 2 is 1.95 bits per heavy atom. The summed E-state index contributed by atoms with van der Waals surface area (Å²) in [4.78, 5) is 23.7. The standard InChI is InChI=1S/C16H19N3O3/c1-19-11-13(10-17-19)18-16(21)5-3-4-15(20)12-6-8-14(22-2)9-7-12/h6-11H,3-5H2,1-2H3,(H,18,21). The summed E-state index contributed by atoms with van der Waals surface area (Å²) in [5.41, 5.74) is 1.29. The van der Waals surface area contributed by atoms with Crippen LogP contribution in [0, 0.1) is 0 Å². The summed E-state index contributed by atoms with van der Waals surface area (Å²) in [6.45, 7) is 0. The first-order valence-electron chi connectivity index (χ1n) is 7.04. The predicted molar refractivity (Wildman–Crippen MR) is 83.0 cm³/mol. The normalized spacial score (nSPS) is 10.3. The highest BCUT2D eigenvalue weighted by Gasteiger charge is 2.09. The van der Waals surface area contributed by atoms with Gasteiger partial charge in [-0.1, -0.05) is 0 Å². The molecule has 0 unspecified atom stereocenters. The van der Waals surface area contributed by atoms with E-state index in [0.29, 0.717) is 36.3 Å². The number of nitrogens with one attached hydrogen (secondary N) is 1. The number of ether oxygens (including phenoxy) is 1. The first-order valence-corrected chi connectivity index (χ1v) is 7.04. The molecule has 0 spiro atoms. The summed E-state index contributed by atoms with van der Waals surface area (Å²) in [6.07, 6.45) is 4.46. The number of carbonyl (C=O) groups excluding carboxylic acids is 2. The molecule has 0 aliphatic heterocycles. The Labute approximate surface area is 129 Å². The Hall–Kier alpha value is -2.63. The van der Waals surface area contributed by atoms with E-state index in [4.69, 9.17) is 4.74 Å². The number of rotatable bonds is 7. The van der Waals surface area contributed by atoms with Crippen molar-refractivity contribution >= 4 is 17.4 Å². The minimum absolute atomic E-state index is 0.0248. The third-order valence-electron chi connectivity index (χ3n) is 3.21. The van der Waals surface area contributed by atoms with Gasteiger partial charge in [0.1, 0.15) is 5.75 Å². The van der Waals surface area contributed by atoms with Crippen LogP contribution in [-0.2, 0) is 11.8 Å². The number of anilines is 1. The lowest BCUT2D eigenvalue weighted by molar-refractivity contribution is -0.116. The highest BCUT2D eigenvalue weighted by atomic mass is 16.5. The molecule has 0 aliphatic carbocycles. The zero-order chi connectivity index (χ0) is 15.9. The first-order chi connectivity index (χ1) is 10.6. The molecule has 0 fully saturated rings. The molecule has 2 rings (SSSR count). The van der Waals surface area contributed by atoms with Crippen LogP contribution in [0.5, 0.6) is 5.75 Å². The molecule has 0 saturated heterocycles. The van der Waals surface area contributed by atoms with E-state index in [2.05, 4.69) is 10.4 Å². The third kappa shape index (κ3) is 4.44. The number of nitrogens with zero attached hydrogens (tertiary/aromatic N) is 2. The van der Waals surface area contributed by atoms with Crippen LogP contribution in [-0.4, -0.2) is 28.6 Å². The second-order valence-electron chi connectivity index (χ2n) is 4.96. The van der Waals surface area contributed by atoms with Gasteiger partial charge in [0.15, 0.2) is 5.78 Å². The van der Waals surface area contributed by atoms with E-state index in [1.165, 1.54) is 0 Å². The van der Waals surface area contributed by atoms with E-state index in [0.717, 1.165) is 0 Å². The number of aryl methyl sites for hydroxylation is 1. The van der Waals surface area contributed by atoms with E-state index >= 15 is 0 Å². The fourth-order valence-corrected chi connectivity index (χ4v) is 2.04. The van der Waals surface area contributed by atoms with Gasteiger partial charge in [-0.2, -0.15) is 5.10 Å². The summed E-state index contributed by atoms with van der Waals surface area (Å²) in [6, 6.07) is 6.97. The Bertz CT molecular complexity index is 647. The quantitative estimate of drug-likeness (QED) is 0.797.